The number of halogens is 1. The van der Waals surface area contributed by atoms with E-state index in [9.17, 15) is 14.4 Å². The Labute approximate surface area is 195 Å². The molecule has 2 amide bonds. The Morgan fingerprint density at radius 3 is 2.39 bits per heavy atom. The largest absolute Gasteiger partial charge is 0.497 e. The molecule has 0 aromatic heterocycles. The molecule has 0 fully saturated rings. The number of esters is 1. The number of rotatable bonds is 6. The van der Waals surface area contributed by atoms with Crippen molar-refractivity contribution in [3.8, 4) is 11.5 Å². The van der Waals surface area contributed by atoms with Crippen molar-refractivity contribution in [2.45, 2.75) is 6.92 Å². The fourth-order valence-corrected chi connectivity index (χ4v) is 2.81. The summed E-state index contributed by atoms with van der Waals surface area (Å²) in [6.07, 6.45) is 1.32. The fourth-order valence-electron chi connectivity index (χ4n) is 2.63. The third-order valence-electron chi connectivity index (χ3n) is 4.41. The van der Waals surface area contributed by atoms with Crippen LogP contribution in [0.3, 0.4) is 0 Å². The molecule has 0 saturated heterocycles. The van der Waals surface area contributed by atoms with Gasteiger partial charge < -0.3 is 14.8 Å². The summed E-state index contributed by atoms with van der Waals surface area (Å²) in [6, 6.07) is 17.9. The van der Waals surface area contributed by atoms with Gasteiger partial charge in [0, 0.05) is 10.7 Å². The smallest absolute Gasteiger partial charge is 0.343 e. The van der Waals surface area contributed by atoms with E-state index in [0.717, 1.165) is 5.56 Å². The Bertz CT molecular complexity index is 1210. The topological polar surface area (TPSA) is 106 Å². The van der Waals surface area contributed by atoms with Crippen molar-refractivity contribution in [3.63, 3.8) is 0 Å². The summed E-state index contributed by atoms with van der Waals surface area (Å²) in [7, 11) is 1.54. The fraction of sp³-hybridized carbons (Fsp3) is 0.0833. The van der Waals surface area contributed by atoms with Gasteiger partial charge >= 0.3 is 17.8 Å². The van der Waals surface area contributed by atoms with Gasteiger partial charge in [-0.2, -0.15) is 5.10 Å². The van der Waals surface area contributed by atoms with E-state index in [1.54, 1.807) is 66.7 Å². The maximum Gasteiger partial charge on any atom is 0.343 e. The summed E-state index contributed by atoms with van der Waals surface area (Å²) in [4.78, 5) is 36.2. The van der Waals surface area contributed by atoms with Gasteiger partial charge in [0.1, 0.15) is 11.5 Å². The SMILES string of the molecule is COc1ccc(C(=O)Oc2cccc(/C=N/NC(=O)C(=O)Nc3ccc(C)c(Cl)c3)c2)cc1. The average Bonchev–Trinajstić information content (AvgIpc) is 2.81. The van der Waals surface area contributed by atoms with E-state index >= 15 is 0 Å². The lowest BCUT2D eigenvalue weighted by atomic mass is 10.2. The molecule has 0 heterocycles. The molecular formula is C24H20ClN3O5. The van der Waals surface area contributed by atoms with E-state index in [1.165, 1.54) is 13.3 Å². The number of benzene rings is 3. The van der Waals surface area contributed by atoms with Gasteiger partial charge in [-0.25, -0.2) is 10.2 Å². The molecule has 168 valence electrons. The number of amides is 2. The van der Waals surface area contributed by atoms with Crippen LogP contribution in [0.5, 0.6) is 11.5 Å². The predicted molar refractivity (Wildman–Crippen MR) is 125 cm³/mol. The number of aryl methyl sites for hydroxylation is 1. The molecule has 9 heteroatoms. The Hall–Kier alpha value is -4.17. The molecule has 3 aromatic rings. The highest BCUT2D eigenvalue weighted by Gasteiger charge is 2.13. The molecule has 33 heavy (non-hydrogen) atoms. The molecule has 0 saturated carbocycles. The number of carbonyl (C=O) groups is 3. The van der Waals surface area contributed by atoms with Crippen LogP contribution in [0.25, 0.3) is 0 Å². The van der Waals surface area contributed by atoms with Crippen molar-refractivity contribution in [3.05, 3.63) is 88.4 Å². The molecule has 0 radical (unpaired) electrons. The van der Waals surface area contributed by atoms with E-state index in [2.05, 4.69) is 15.8 Å². The van der Waals surface area contributed by atoms with Crippen LogP contribution in [0.15, 0.2) is 71.8 Å². The zero-order valence-corrected chi connectivity index (χ0v) is 18.6. The highest BCUT2D eigenvalue weighted by Crippen LogP contribution is 2.20. The number of nitrogens with one attached hydrogen (secondary N) is 2. The summed E-state index contributed by atoms with van der Waals surface area (Å²) < 4.78 is 10.4. The number of anilines is 1. The zero-order chi connectivity index (χ0) is 23.8. The molecule has 0 bridgehead atoms. The van der Waals surface area contributed by atoms with Gasteiger partial charge in [-0.05, 0) is 66.6 Å². The summed E-state index contributed by atoms with van der Waals surface area (Å²) in [6.45, 7) is 1.82. The highest BCUT2D eigenvalue weighted by atomic mass is 35.5. The van der Waals surface area contributed by atoms with Crippen molar-refractivity contribution >= 4 is 41.3 Å². The summed E-state index contributed by atoms with van der Waals surface area (Å²) >= 11 is 6.01. The molecule has 0 aliphatic carbocycles. The van der Waals surface area contributed by atoms with Crippen LogP contribution >= 0.6 is 11.6 Å². The Morgan fingerprint density at radius 1 is 0.939 bits per heavy atom. The summed E-state index contributed by atoms with van der Waals surface area (Å²) in [5.74, 6) is -1.46. The zero-order valence-electron chi connectivity index (χ0n) is 17.8. The number of hydrogen-bond donors (Lipinski definition) is 2. The Morgan fingerprint density at radius 2 is 1.70 bits per heavy atom. The summed E-state index contributed by atoms with van der Waals surface area (Å²) in [5, 5.41) is 6.68. The third kappa shape index (κ3) is 6.65. The number of ether oxygens (including phenoxy) is 2. The monoisotopic (exact) mass is 465 g/mol. The van der Waals surface area contributed by atoms with E-state index in [1.807, 2.05) is 6.92 Å². The van der Waals surface area contributed by atoms with Crippen molar-refractivity contribution in [2.75, 3.05) is 12.4 Å². The van der Waals surface area contributed by atoms with Crippen molar-refractivity contribution < 1.29 is 23.9 Å². The minimum atomic E-state index is -0.954. The molecule has 0 aliphatic heterocycles. The van der Waals surface area contributed by atoms with Gasteiger partial charge in [0.05, 0.1) is 18.9 Å². The van der Waals surface area contributed by atoms with Crippen LogP contribution in [0.1, 0.15) is 21.5 Å². The van der Waals surface area contributed by atoms with Crippen LogP contribution < -0.4 is 20.2 Å². The van der Waals surface area contributed by atoms with Crippen LogP contribution in [-0.2, 0) is 9.59 Å². The molecule has 0 unspecified atom stereocenters. The van der Waals surface area contributed by atoms with Crippen molar-refractivity contribution in [1.82, 2.24) is 5.43 Å². The quantitative estimate of drug-likeness (QED) is 0.188. The molecular weight excluding hydrogens is 446 g/mol. The Kier molecular flexibility index (Phi) is 7.77. The van der Waals surface area contributed by atoms with Crippen molar-refractivity contribution in [2.24, 2.45) is 5.10 Å². The van der Waals surface area contributed by atoms with E-state index in [0.29, 0.717) is 33.3 Å². The molecule has 2 N–H and O–H groups in total. The second-order valence-electron chi connectivity index (χ2n) is 6.81. The molecule has 0 aliphatic rings. The van der Waals surface area contributed by atoms with Gasteiger partial charge in [-0.3, -0.25) is 9.59 Å². The van der Waals surface area contributed by atoms with Crippen LogP contribution in [0, 0.1) is 6.92 Å². The number of hydrazone groups is 1. The first kappa shape index (κ1) is 23.5. The molecule has 0 spiro atoms. The molecule has 8 nitrogen and oxygen atoms in total. The van der Waals surface area contributed by atoms with Gasteiger partial charge in [0.2, 0.25) is 0 Å². The van der Waals surface area contributed by atoms with Crippen molar-refractivity contribution in [1.29, 1.82) is 0 Å². The van der Waals surface area contributed by atoms with Crippen LogP contribution in [0.2, 0.25) is 5.02 Å². The minimum Gasteiger partial charge on any atom is -0.497 e. The molecule has 0 atom stereocenters. The first-order chi connectivity index (χ1) is 15.9. The van der Waals surface area contributed by atoms with E-state index in [-0.39, 0.29) is 0 Å². The summed E-state index contributed by atoms with van der Waals surface area (Å²) in [5.41, 5.74) is 4.28. The lowest BCUT2D eigenvalue weighted by molar-refractivity contribution is -0.136. The number of hydrogen-bond acceptors (Lipinski definition) is 6. The molecule has 3 aromatic carbocycles. The number of methoxy groups -OCH3 is 1. The van der Waals surface area contributed by atoms with Crippen LogP contribution in [0.4, 0.5) is 5.69 Å². The standard InChI is InChI=1S/C24H20ClN3O5/c1-15-6-9-18(13-21(15)25)27-22(29)23(30)28-26-14-16-4-3-5-20(12-16)33-24(31)17-7-10-19(32-2)11-8-17/h3-14H,1-2H3,(H,27,29)(H,28,30)/b26-14+. The van der Waals surface area contributed by atoms with Gasteiger partial charge in [0.25, 0.3) is 0 Å². The number of nitrogens with zero attached hydrogens (tertiary/aromatic N) is 1. The van der Waals surface area contributed by atoms with E-state index < -0.39 is 17.8 Å². The van der Waals surface area contributed by atoms with Gasteiger partial charge in [-0.15, -0.1) is 0 Å². The number of carbonyl (C=O) groups excluding carboxylic acids is 3. The normalized spacial score (nSPS) is 10.5. The van der Waals surface area contributed by atoms with Gasteiger partial charge in [-0.1, -0.05) is 29.8 Å². The Balaban J connectivity index is 1.55. The van der Waals surface area contributed by atoms with Crippen LogP contribution in [-0.4, -0.2) is 31.1 Å². The second-order valence-corrected chi connectivity index (χ2v) is 7.21. The van der Waals surface area contributed by atoms with Gasteiger partial charge in [0.15, 0.2) is 0 Å². The maximum absolute atomic E-state index is 12.3. The lowest BCUT2D eigenvalue weighted by Gasteiger charge is -2.06. The maximum atomic E-state index is 12.3. The highest BCUT2D eigenvalue weighted by molar-refractivity contribution is 6.39. The first-order valence-corrected chi connectivity index (χ1v) is 10.1. The van der Waals surface area contributed by atoms with E-state index in [4.69, 9.17) is 21.1 Å². The molecule has 3 rings (SSSR count). The second kappa shape index (κ2) is 10.9. The lowest BCUT2D eigenvalue weighted by Crippen LogP contribution is -2.32. The average molecular weight is 466 g/mol. The predicted octanol–water partition coefficient (Wildman–Crippen LogP) is 3.97. The third-order valence-corrected chi connectivity index (χ3v) is 4.82. The minimum absolute atomic E-state index is 0.292. The first-order valence-electron chi connectivity index (χ1n) is 9.72.